The van der Waals surface area contributed by atoms with E-state index in [2.05, 4.69) is 20.6 Å². The monoisotopic (exact) mass is 245 g/mol. The minimum absolute atomic E-state index is 0.0230. The van der Waals surface area contributed by atoms with E-state index in [9.17, 15) is 0 Å². The van der Waals surface area contributed by atoms with Crippen LogP contribution in [0.25, 0.3) is 0 Å². The van der Waals surface area contributed by atoms with Gasteiger partial charge >= 0.3 is 0 Å². The minimum Gasteiger partial charge on any atom is -0.395 e. The number of rotatable bonds is 5. The third-order valence-electron chi connectivity index (χ3n) is 2.25. The van der Waals surface area contributed by atoms with Gasteiger partial charge in [0, 0.05) is 12.2 Å². The Balaban J connectivity index is 2.16. The van der Waals surface area contributed by atoms with Gasteiger partial charge in [-0.15, -0.1) is 0 Å². The summed E-state index contributed by atoms with van der Waals surface area (Å²) in [7, 11) is 0. The molecule has 94 valence electrons. The van der Waals surface area contributed by atoms with E-state index in [0.717, 1.165) is 5.69 Å². The summed E-state index contributed by atoms with van der Waals surface area (Å²) in [6, 6.07) is 9.61. The number of nitrogens with two attached hydrogens (primary N) is 1. The summed E-state index contributed by atoms with van der Waals surface area (Å²) >= 11 is 0. The maximum atomic E-state index is 8.73. The number of benzene rings is 1. The minimum atomic E-state index is 0.0230. The summed E-state index contributed by atoms with van der Waals surface area (Å²) in [5.74, 6) is 0.966. The molecule has 6 nitrogen and oxygen atoms in total. The van der Waals surface area contributed by atoms with Crippen LogP contribution >= 0.6 is 0 Å². The highest BCUT2D eigenvalue weighted by Gasteiger charge is 2.04. The van der Waals surface area contributed by atoms with Gasteiger partial charge in [-0.2, -0.15) is 4.98 Å². The fraction of sp³-hybridized carbons (Fsp3) is 0.167. The topological polar surface area (TPSA) is 96.1 Å². The van der Waals surface area contributed by atoms with Crippen molar-refractivity contribution >= 4 is 23.1 Å². The zero-order valence-corrected chi connectivity index (χ0v) is 9.80. The number of aliphatic hydroxyl groups excluding tert-OH is 1. The number of para-hydroxylation sites is 1. The highest BCUT2D eigenvalue weighted by atomic mass is 16.3. The molecule has 0 fully saturated rings. The van der Waals surface area contributed by atoms with Crippen molar-refractivity contribution < 1.29 is 5.11 Å². The van der Waals surface area contributed by atoms with E-state index >= 15 is 0 Å². The molecule has 0 saturated carbocycles. The molecule has 2 rings (SSSR count). The van der Waals surface area contributed by atoms with Crippen LogP contribution < -0.4 is 16.4 Å². The van der Waals surface area contributed by atoms with Crippen LogP contribution in [0.1, 0.15) is 0 Å². The van der Waals surface area contributed by atoms with Crippen molar-refractivity contribution in [1.29, 1.82) is 0 Å². The first-order valence-corrected chi connectivity index (χ1v) is 5.59. The normalized spacial score (nSPS) is 10.1. The highest BCUT2D eigenvalue weighted by Crippen LogP contribution is 2.20. The number of nitrogen functional groups attached to an aromatic ring is 1. The van der Waals surface area contributed by atoms with Crippen LogP contribution in [0, 0.1) is 0 Å². The van der Waals surface area contributed by atoms with Crippen LogP contribution in [0.15, 0.2) is 36.5 Å². The average molecular weight is 245 g/mol. The molecule has 0 spiro atoms. The van der Waals surface area contributed by atoms with Crippen molar-refractivity contribution in [3.8, 4) is 0 Å². The lowest BCUT2D eigenvalue weighted by Crippen LogP contribution is -2.10. The molecular formula is C12H15N5O. The van der Waals surface area contributed by atoms with E-state index in [1.54, 1.807) is 0 Å². The lowest BCUT2D eigenvalue weighted by molar-refractivity contribution is 0.311. The summed E-state index contributed by atoms with van der Waals surface area (Å²) < 4.78 is 0. The number of aliphatic hydroxyl groups is 1. The Bertz CT molecular complexity index is 503. The Morgan fingerprint density at radius 3 is 2.72 bits per heavy atom. The molecule has 0 atom stereocenters. The standard InChI is InChI=1S/C12H15N5O/c13-10-8-15-12(14-6-7-18)17-11(10)16-9-4-2-1-3-5-9/h1-5,8,18H,6-7,13H2,(H2,14,15,16,17). The number of anilines is 4. The van der Waals surface area contributed by atoms with Gasteiger partial charge in [0.1, 0.15) is 0 Å². The molecule has 1 aromatic heterocycles. The Kier molecular flexibility index (Phi) is 3.93. The summed E-state index contributed by atoms with van der Waals surface area (Å²) in [4.78, 5) is 8.26. The molecule has 18 heavy (non-hydrogen) atoms. The van der Waals surface area contributed by atoms with Crippen LogP contribution in [0.2, 0.25) is 0 Å². The number of nitrogens with one attached hydrogen (secondary N) is 2. The predicted molar refractivity (Wildman–Crippen MR) is 71.7 cm³/mol. The Morgan fingerprint density at radius 2 is 2.00 bits per heavy atom. The van der Waals surface area contributed by atoms with Gasteiger partial charge in [-0.05, 0) is 12.1 Å². The first kappa shape index (κ1) is 12.1. The van der Waals surface area contributed by atoms with Gasteiger partial charge in [-0.3, -0.25) is 0 Å². The van der Waals surface area contributed by atoms with Crippen molar-refractivity contribution in [3.63, 3.8) is 0 Å². The third kappa shape index (κ3) is 3.08. The summed E-state index contributed by atoms with van der Waals surface area (Å²) in [6.45, 7) is 0.421. The van der Waals surface area contributed by atoms with Gasteiger partial charge in [-0.25, -0.2) is 4.98 Å². The number of hydrogen-bond acceptors (Lipinski definition) is 6. The first-order valence-electron chi connectivity index (χ1n) is 5.59. The van der Waals surface area contributed by atoms with Crippen LogP contribution in [-0.4, -0.2) is 28.2 Å². The van der Waals surface area contributed by atoms with E-state index in [0.29, 0.717) is 24.0 Å². The van der Waals surface area contributed by atoms with E-state index in [1.807, 2.05) is 30.3 Å². The van der Waals surface area contributed by atoms with Gasteiger partial charge < -0.3 is 21.5 Å². The molecular weight excluding hydrogens is 230 g/mol. The fourth-order valence-corrected chi connectivity index (χ4v) is 1.40. The molecule has 0 unspecified atom stereocenters. The van der Waals surface area contributed by atoms with Crippen molar-refractivity contribution in [2.45, 2.75) is 0 Å². The van der Waals surface area contributed by atoms with Gasteiger partial charge in [0.25, 0.3) is 0 Å². The fourth-order valence-electron chi connectivity index (χ4n) is 1.40. The van der Waals surface area contributed by atoms with Crippen molar-refractivity contribution in [2.75, 3.05) is 29.5 Å². The summed E-state index contributed by atoms with van der Waals surface area (Å²) in [5, 5.41) is 14.7. The highest BCUT2D eigenvalue weighted by molar-refractivity contribution is 5.68. The quantitative estimate of drug-likeness (QED) is 0.632. The second-order valence-electron chi connectivity index (χ2n) is 3.64. The largest absolute Gasteiger partial charge is 0.395 e. The molecule has 0 aliphatic rings. The summed E-state index contributed by atoms with van der Waals surface area (Å²) in [5.41, 5.74) is 7.17. The molecule has 2 aromatic rings. The molecule has 0 aliphatic carbocycles. The molecule has 5 N–H and O–H groups in total. The second-order valence-corrected chi connectivity index (χ2v) is 3.64. The van der Waals surface area contributed by atoms with Gasteiger partial charge in [-0.1, -0.05) is 18.2 Å². The van der Waals surface area contributed by atoms with Gasteiger partial charge in [0.15, 0.2) is 5.82 Å². The van der Waals surface area contributed by atoms with Crippen LogP contribution in [0.3, 0.4) is 0 Å². The second kappa shape index (κ2) is 5.83. The molecule has 0 saturated heterocycles. The first-order chi connectivity index (χ1) is 8.79. The SMILES string of the molecule is Nc1cnc(NCCO)nc1Nc1ccccc1. The average Bonchev–Trinajstić information content (AvgIpc) is 2.41. The number of hydrogen-bond donors (Lipinski definition) is 4. The maximum absolute atomic E-state index is 8.73. The summed E-state index contributed by atoms with van der Waals surface area (Å²) in [6.07, 6.45) is 1.53. The lowest BCUT2D eigenvalue weighted by atomic mass is 10.3. The van der Waals surface area contributed by atoms with Crippen LogP contribution in [0.4, 0.5) is 23.1 Å². The van der Waals surface area contributed by atoms with E-state index in [1.165, 1.54) is 6.20 Å². The molecule has 6 heteroatoms. The molecule has 0 radical (unpaired) electrons. The molecule has 0 bridgehead atoms. The van der Waals surface area contributed by atoms with Crippen molar-refractivity contribution in [1.82, 2.24) is 9.97 Å². The molecule has 1 heterocycles. The zero-order valence-electron chi connectivity index (χ0n) is 9.80. The molecule has 1 aromatic carbocycles. The van der Waals surface area contributed by atoms with E-state index < -0.39 is 0 Å². The Morgan fingerprint density at radius 1 is 1.22 bits per heavy atom. The third-order valence-corrected chi connectivity index (χ3v) is 2.25. The maximum Gasteiger partial charge on any atom is 0.224 e. The van der Waals surface area contributed by atoms with Gasteiger partial charge in [0.2, 0.25) is 5.95 Å². The van der Waals surface area contributed by atoms with E-state index in [-0.39, 0.29) is 6.61 Å². The predicted octanol–water partition coefficient (Wildman–Crippen LogP) is 1.21. The molecule has 0 aliphatic heterocycles. The Labute approximate surface area is 105 Å². The van der Waals surface area contributed by atoms with Crippen LogP contribution in [-0.2, 0) is 0 Å². The lowest BCUT2D eigenvalue weighted by Gasteiger charge is -2.10. The Hall–Kier alpha value is -2.34. The number of nitrogens with zero attached hydrogens (tertiary/aromatic N) is 2. The van der Waals surface area contributed by atoms with E-state index in [4.69, 9.17) is 10.8 Å². The van der Waals surface area contributed by atoms with Gasteiger partial charge in [0.05, 0.1) is 18.5 Å². The van der Waals surface area contributed by atoms with Crippen LogP contribution in [0.5, 0.6) is 0 Å². The number of aromatic nitrogens is 2. The smallest absolute Gasteiger partial charge is 0.224 e. The molecule has 0 amide bonds. The van der Waals surface area contributed by atoms with Crippen molar-refractivity contribution in [3.05, 3.63) is 36.5 Å². The zero-order chi connectivity index (χ0) is 12.8. The van der Waals surface area contributed by atoms with Crippen molar-refractivity contribution in [2.24, 2.45) is 0 Å².